The van der Waals surface area contributed by atoms with E-state index >= 15 is 0 Å². The van der Waals surface area contributed by atoms with E-state index in [4.69, 9.17) is 0 Å². The lowest BCUT2D eigenvalue weighted by Crippen LogP contribution is -2.54. The molecule has 5 heteroatoms. The lowest BCUT2D eigenvalue weighted by molar-refractivity contribution is -0.151. The van der Waals surface area contributed by atoms with Crippen LogP contribution < -0.4 is 0 Å². The monoisotopic (exact) mass is 293 g/mol. The molecular weight excluding hydrogens is 273 g/mol. The second-order valence-electron chi connectivity index (χ2n) is 5.92. The number of allylic oxidation sites excluding steroid dienone is 1. The van der Waals surface area contributed by atoms with Gasteiger partial charge in [-0.05, 0) is 30.5 Å². The van der Waals surface area contributed by atoms with Crippen molar-refractivity contribution in [3.8, 4) is 0 Å². The molecule has 0 spiro atoms. The van der Waals surface area contributed by atoms with E-state index in [0.29, 0.717) is 11.3 Å². The van der Waals surface area contributed by atoms with Crippen LogP contribution in [0.5, 0.6) is 0 Å². The number of aliphatic hydroxyl groups excluding tert-OH is 1. The number of amides is 1. The number of nitrogens with zero attached hydrogens (tertiary/aromatic N) is 1. The van der Waals surface area contributed by atoms with Gasteiger partial charge in [0.2, 0.25) is 0 Å². The molecule has 4 nitrogen and oxygen atoms in total. The van der Waals surface area contributed by atoms with Crippen LogP contribution in [0.3, 0.4) is 0 Å². The highest BCUT2D eigenvalue weighted by Crippen LogP contribution is 2.42. The van der Waals surface area contributed by atoms with Crippen molar-refractivity contribution in [1.29, 1.82) is 0 Å². The van der Waals surface area contributed by atoms with Crippen LogP contribution in [0.25, 0.3) is 0 Å². The Morgan fingerprint density at radius 1 is 1.29 bits per heavy atom. The highest BCUT2D eigenvalue weighted by molar-refractivity contribution is 5.89. The maximum Gasteiger partial charge on any atom is 0.259 e. The van der Waals surface area contributed by atoms with Gasteiger partial charge in [-0.2, -0.15) is 0 Å². The Hall–Kier alpha value is -1.88. The molecule has 1 aromatic rings. The summed E-state index contributed by atoms with van der Waals surface area (Å²) in [4.78, 5) is 13.7. The SMILES string of the molecule is CC(C)C1=C(O)C(c2ccc(F)cc2)C(C)(O)C(=O)N1C. The number of benzene rings is 1. The zero-order chi connectivity index (χ0) is 15.9. The summed E-state index contributed by atoms with van der Waals surface area (Å²) in [7, 11) is 1.53. The fourth-order valence-electron chi connectivity index (χ4n) is 2.98. The third-order valence-corrected chi connectivity index (χ3v) is 3.95. The second-order valence-corrected chi connectivity index (χ2v) is 5.92. The molecule has 0 radical (unpaired) electrons. The number of carbonyl (C=O) groups is 1. The molecule has 2 unspecified atom stereocenters. The summed E-state index contributed by atoms with van der Waals surface area (Å²) in [6, 6.07) is 5.44. The summed E-state index contributed by atoms with van der Waals surface area (Å²) < 4.78 is 13.1. The first-order valence-corrected chi connectivity index (χ1v) is 6.87. The molecule has 0 bridgehead atoms. The van der Waals surface area contributed by atoms with Crippen LogP contribution in [0, 0.1) is 11.7 Å². The lowest BCUT2D eigenvalue weighted by Gasteiger charge is -2.42. The van der Waals surface area contributed by atoms with E-state index in [1.807, 2.05) is 13.8 Å². The summed E-state index contributed by atoms with van der Waals surface area (Å²) in [5, 5.41) is 21.2. The minimum absolute atomic E-state index is 0.0521. The molecule has 2 atom stereocenters. The van der Waals surface area contributed by atoms with E-state index in [2.05, 4.69) is 0 Å². The van der Waals surface area contributed by atoms with E-state index in [9.17, 15) is 19.4 Å². The lowest BCUT2D eigenvalue weighted by atomic mass is 9.76. The zero-order valence-corrected chi connectivity index (χ0v) is 12.6. The summed E-state index contributed by atoms with van der Waals surface area (Å²) in [6.45, 7) is 5.08. The molecule has 0 fully saturated rings. The van der Waals surface area contributed by atoms with Gasteiger partial charge in [0.15, 0.2) is 5.60 Å². The summed E-state index contributed by atoms with van der Waals surface area (Å²) >= 11 is 0. The average Bonchev–Trinajstić information content (AvgIpc) is 2.38. The van der Waals surface area contributed by atoms with Gasteiger partial charge in [-0.1, -0.05) is 26.0 Å². The number of halogens is 1. The third-order valence-electron chi connectivity index (χ3n) is 3.95. The van der Waals surface area contributed by atoms with Gasteiger partial charge < -0.3 is 15.1 Å². The van der Waals surface area contributed by atoms with E-state index in [1.165, 1.54) is 43.1 Å². The van der Waals surface area contributed by atoms with Crippen molar-refractivity contribution in [2.24, 2.45) is 5.92 Å². The normalized spacial score (nSPS) is 26.7. The fraction of sp³-hybridized carbons (Fsp3) is 0.438. The fourth-order valence-corrected chi connectivity index (χ4v) is 2.98. The molecule has 0 aliphatic carbocycles. The Morgan fingerprint density at radius 2 is 1.81 bits per heavy atom. The third kappa shape index (κ3) is 2.42. The Bertz CT molecular complexity index is 590. The molecular formula is C16H20FNO3. The second kappa shape index (κ2) is 5.15. The van der Waals surface area contributed by atoms with Crippen LogP contribution in [0.4, 0.5) is 4.39 Å². The van der Waals surface area contributed by atoms with E-state index in [0.717, 1.165) is 0 Å². The molecule has 0 aromatic heterocycles. The Kier molecular flexibility index (Phi) is 3.80. The van der Waals surface area contributed by atoms with Crippen LogP contribution >= 0.6 is 0 Å². The number of hydrogen-bond donors (Lipinski definition) is 2. The minimum Gasteiger partial charge on any atom is -0.510 e. The van der Waals surface area contributed by atoms with Crippen LogP contribution in [0.2, 0.25) is 0 Å². The predicted molar refractivity (Wildman–Crippen MR) is 77.0 cm³/mol. The predicted octanol–water partition coefficient (Wildman–Crippen LogP) is 2.56. The Morgan fingerprint density at radius 3 is 2.29 bits per heavy atom. The number of hydrogen-bond acceptors (Lipinski definition) is 3. The molecule has 2 N–H and O–H groups in total. The van der Waals surface area contributed by atoms with Gasteiger partial charge in [-0.15, -0.1) is 0 Å². The largest absolute Gasteiger partial charge is 0.510 e. The maximum absolute atomic E-state index is 13.1. The van der Waals surface area contributed by atoms with Crippen molar-refractivity contribution in [2.45, 2.75) is 32.3 Å². The van der Waals surface area contributed by atoms with Crippen molar-refractivity contribution >= 4 is 5.91 Å². The molecule has 1 heterocycles. The van der Waals surface area contributed by atoms with E-state index < -0.39 is 23.2 Å². The van der Waals surface area contributed by atoms with Crippen molar-refractivity contribution in [3.63, 3.8) is 0 Å². The van der Waals surface area contributed by atoms with Gasteiger partial charge in [0.25, 0.3) is 5.91 Å². The molecule has 1 aliphatic heterocycles. The number of carbonyl (C=O) groups excluding carboxylic acids is 1. The standard InChI is InChI=1S/C16H20FNO3/c1-9(2)13-14(19)12(10-5-7-11(17)8-6-10)16(3,21)15(20)18(13)4/h5-9,12,19,21H,1-4H3. The van der Waals surface area contributed by atoms with Gasteiger partial charge in [-0.25, -0.2) is 4.39 Å². The van der Waals surface area contributed by atoms with Crippen molar-refractivity contribution in [2.75, 3.05) is 7.05 Å². The first-order valence-electron chi connectivity index (χ1n) is 6.87. The molecule has 0 saturated carbocycles. The van der Waals surface area contributed by atoms with E-state index in [1.54, 1.807) is 0 Å². The Balaban J connectivity index is 2.64. The number of rotatable bonds is 2. The van der Waals surface area contributed by atoms with Crippen molar-refractivity contribution < 1.29 is 19.4 Å². The highest BCUT2D eigenvalue weighted by Gasteiger charge is 2.50. The number of likely N-dealkylation sites (N-methyl/N-ethyl adjacent to an activating group) is 1. The van der Waals surface area contributed by atoms with Gasteiger partial charge in [0.1, 0.15) is 11.6 Å². The van der Waals surface area contributed by atoms with Crippen LogP contribution in [0.1, 0.15) is 32.3 Å². The topological polar surface area (TPSA) is 60.8 Å². The summed E-state index contributed by atoms with van der Waals surface area (Å²) in [5.74, 6) is -1.94. The zero-order valence-electron chi connectivity index (χ0n) is 12.6. The molecule has 1 aliphatic rings. The Labute approximate surface area is 123 Å². The van der Waals surface area contributed by atoms with Crippen LogP contribution in [-0.2, 0) is 4.79 Å². The molecule has 0 saturated heterocycles. The molecule has 1 aromatic carbocycles. The van der Waals surface area contributed by atoms with Gasteiger partial charge in [0, 0.05) is 7.05 Å². The summed E-state index contributed by atoms with van der Waals surface area (Å²) in [5.41, 5.74) is -0.811. The quantitative estimate of drug-likeness (QED) is 0.881. The summed E-state index contributed by atoms with van der Waals surface area (Å²) in [6.07, 6.45) is 0. The van der Waals surface area contributed by atoms with E-state index in [-0.39, 0.29) is 11.7 Å². The molecule has 114 valence electrons. The smallest absolute Gasteiger partial charge is 0.259 e. The average molecular weight is 293 g/mol. The number of aliphatic hydroxyl groups is 2. The van der Waals surface area contributed by atoms with Gasteiger partial charge in [0.05, 0.1) is 11.6 Å². The van der Waals surface area contributed by atoms with Gasteiger partial charge >= 0.3 is 0 Å². The molecule has 21 heavy (non-hydrogen) atoms. The van der Waals surface area contributed by atoms with Gasteiger partial charge in [-0.3, -0.25) is 4.79 Å². The highest BCUT2D eigenvalue weighted by atomic mass is 19.1. The first-order chi connectivity index (χ1) is 9.67. The molecule has 2 rings (SSSR count). The molecule has 1 amide bonds. The van der Waals surface area contributed by atoms with Crippen molar-refractivity contribution in [3.05, 3.63) is 47.1 Å². The van der Waals surface area contributed by atoms with Crippen molar-refractivity contribution in [1.82, 2.24) is 4.90 Å². The van der Waals surface area contributed by atoms with Crippen LogP contribution in [-0.4, -0.2) is 33.7 Å². The van der Waals surface area contributed by atoms with Crippen LogP contribution in [0.15, 0.2) is 35.7 Å². The first kappa shape index (κ1) is 15.5. The minimum atomic E-state index is -1.78. The maximum atomic E-state index is 13.1.